The summed E-state index contributed by atoms with van der Waals surface area (Å²) in [6.45, 7) is 8.82. The van der Waals surface area contributed by atoms with Crippen LogP contribution in [0.25, 0.3) is 16.7 Å². The minimum absolute atomic E-state index is 0.454. The van der Waals surface area contributed by atoms with Crippen molar-refractivity contribution in [2.75, 3.05) is 0 Å². The second-order valence-electron chi connectivity index (χ2n) is 5.98. The van der Waals surface area contributed by atoms with E-state index in [9.17, 15) is 0 Å². The summed E-state index contributed by atoms with van der Waals surface area (Å²) >= 11 is 0. The van der Waals surface area contributed by atoms with Crippen molar-refractivity contribution in [3.63, 3.8) is 0 Å². The maximum absolute atomic E-state index is 4.45. The first-order valence-corrected chi connectivity index (χ1v) is 7.23. The van der Waals surface area contributed by atoms with Crippen LogP contribution in [-0.2, 0) is 0 Å². The lowest BCUT2D eigenvalue weighted by molar-refractivity contribution is 0.725. The minimum atomic E-state index is 0.454. The fraction of sp³-hybridized carbons (Fsp3) is 0.353. The van der Waals surface area contributed by atoms with E-state index in [1.54, 1.807) is 0 Å². The van der Waals surface area contributed by atoms with Crippen LogP contribution in [0.15, 0.2) is 36.5 Å². The van der Waals surface area contributed by atoms with Gasteiger partial charge >= 0.3 is 0 Å². The fourth-order valence-electron chi connectivity index (χ4n) is 2.56. The van der Waals surface area contributed by atoms with Crippen molar-refractivity contribution in [3.05, 3.63) is 47.8 Å². The maximum atomic E-state index is 4.45. The van der Waals surface area contributed by atoms with Gasteiger partial charge in [-0.1, -0.05) is 33.8 Å². The molecule has 0 amide bonds. The lowest BCUT2D eigenvalue weighted by atomic mass is 10.0. The molecular weight excluding hydrogens is 246 g/mol. The molecule has 0 unspecified atom stereocenters. The van der Waals surface area contributed by atoms with Crippen molar-refractivity contribution >= 4 is 10.9 Å². The van der Waals surface area contributed by atoms with E-state index in [1.165, 1.54) is 16.6 Å². The third kappa shape index (κ3) is 2.13. The van der Waals surface area contributed by atoms with Gasteiger partial charge in [0.1, 0.15) is 5.82 Å². The molecule has 1 aromatic carbocycles. The molecule has 2 heterocycles. The first kappa shape index (κ1) is 13.0. The number of aromatic amines is 1. The molecule has 0 aliphatic rings. The number of rotatable bonds is 3. The van der Waals surface area contributed by atoms with Gasteiger partial charge in [-0.3, -0.25) is 0 Å². The van der Waals surface area contributed by atoms with Crippen LogP contribution in [0.3, 0.4) is 0 Å². The number of H-pyrrole nitrogens is 1. The smallest absolute Gasteiger partial charge is 0.132 e. The van der Waals surface area contributed by atoms with Gasteiger partial charge in [0.05, 0.1) is 0 Å². The van der Waals surface area contributed by atoms with E-state index < -0.39 is 0 Å². The molecule has 3 nitrogen and oxygen atoms in total. The molecule has 0 saturated carbocycles. The summed E-state index contributed by atoms with van der Waals surface area (Å²) in [5.74, 6) is 2.04. The Balaban J connectivity index is 2.11. The maximum Gasteiger partial charge on any atom is 0.132 e. The molecular formula is C17H21N3. The van der Waals surface area contributed by atoms with Gasteiger partial charge in [-0.05, 0) is 41.7 Å². The van der Waals surface area contributed by atoms with Crippen LogP contribution >= 0.6 is 0 Å². The molecule has 2 aromatic heterocycles. The Bertz CT molecular complexity index is 732. The molecule has 3 rings (SSSR count). The van der Waals surface area contributed by atoms with Crippen LogP contribution in [0.4, 0.5) is 0 Å². The summed E-state index contributed by atoms with van der Waals surface area (Å²) in [4.78, 5) is 3.46. The van der Waals surface area contributed by atoms with Gasteiger partial charge in [0.15, 0.2) is 0 Å². The standard InChI is InChI=1S/C17H21N3/c1-11(2)13-5-6-15-14(9-13)10-17(19-15)20-16(12(3)4)7-8-18-20/h5-12,19H,1-4H3. The number of nitrogens with zero attached hydrogens (tertiary/aromatic N) is 2. The van der Waals surface area contributed by atoms with Gasteiger partial charge in [-0.2, -0.15) is 5.10 Å². The second kappa shape index (κ2) is 4.82. The highest BCUT2D eigenvalue weighted by molar-refractivity contribution is 5.83. The second-order valence-corrected chi connectivity index (χ2v) is 5.98. The Morgan fingerprint density at radius 1 is 1.00 bits per heavy atom. The summed E-state index contributed by atoms with van der Waals surface area (Å²) in [5, 5.41) is 5.69. The van der Waals surface area contributed by atoms with Crippen molar-refractivity contribution < 1.29 is 0 Å². The topological polar surface area (TPSA) is 33.6 Å². The Kier molecular flexibility index (Phi) is 3.13. The van der Waals surface area contributed by atoms with Gasteiger partial charge in [-0.15, -0.1) is 0 Å². The third-order valence-electron chi connectivity index (χ3n) is 3.79. The molecule has 0 bridgehead atoms. The van der Waals surface area contributed by atoms with Crippen LogP contribution < -0.4 is 0 Å². The van der Waals surface area contributed by atoms with E-state index in [-0.39, 0.29) is 0 Å². The van der Waals surface area contributed by atoms with Crippen LogP contribution in [0.2, 0.25) is 0 Å². The van der Waals surface area contributed by atoms with Crippen LogP contribution in [0.5, 0.6) is 0 Å². The van der Waals surface area contributed by atoms with Gasteiger partial charge < -0.3 is 4.98 Å². The lowest BCUT2D eigenvalue weighted by Crippen LogP contribution is -2.03. The van der Waals surface area contributed by atoms with E-state index >= 15 is 0 Å². The molecule has 104 valence electrons. The van der Waals surface area contributed by atoms with Crippen molar-refractivity contribution in [1.29, 1.82) is 0 Å². The average Bonchev–Trinajstić information content (AvgIpc) is 3.03. The zero-order chi connectivity index (χ0) is 14.3. The molecule has 1 N–H and O–H groups in total. The monoisotopic (exact) mass is 267 g/mol. The molecule has 0 aliphatic carbocycles. The third-order valence-corrected chi connectivity index (χ3v) is 3.79. The molecule has 3 heteroatoms. The summed E-state index contributed by atoms with van der Waals surface area (Å²) in [7, 11) is 0. The zero-order valence-corrected chi connectivity index (χ0v) is 12.5. The molecule has 20 heavy (non-hydrogen) atoms. The van der Waals surface area contributed by atoms with Crippen molar-refractivity contribution in [2.45, 2.75) is 39.5 Å². The number of hydrogen-bond acceptors (Lipinski definition) is 1. The van der Waals surface area contributed by atoms with Crippen molar-refractivity contribution in [1.82, 2.24) is 14.8 Å². The first-order valence-electron chi connectivity index (χ1n) is 7.23. The molecule has 0 spiro atoms. The zero-order valence-electron chi connectivity index (χ0n) is 12.5. The molecule has 0 aliphatic heterocycles. The number of fused-ring (bicyclic) bond motifs is 1. The summed E-state index contributed by atoms with van der Waals surface area (Å²) in [5.41, 5.74) is 3.75. The Labute approximate surface area is 119 Å². The quantitative estimate of drug-likeness (QED) is 0.739. The Hall–Kier alpha value is -2.03. The van der Waals surface area contributed by atoms with Gasteiger partial charge in [0, 0.05) is 22.8 Å². The Morgan fingerprint density at radius 3 is 2.50 bits per heavy atom. The van der Waals surface area contributed by atoms with Crippen LogP contribution in [-0.4, -0.2) is 14.8 Å². The highest BCUT2D eigenvalue weighted by Crippen LogP contribution is 2.25. The SMILES string of the molecule is CC(C)c1ccc2[nH]c(-n3nccc3C(C)C)cc2c1. The van der Waals surface area contributed by atoms with E-state index in [2.05, 4.69) is 68.1 Å². The fourth-order valence-corrected chi connectivity index (χ4v) is 2.56. The number of hydrogen-bond donors (Lipinski definition) is 1. The van der Waals surface area contributed by atoms with Gasteiger partial charge in [-0.25, -0.2) is 4.68 Å². The van der Waals surface area contributed by atoms with Crippen LogP contribution in [0.1, 0.15) is 50.8 Å². The van der Waals surface area contributed by atoms with E-state index in [0.29, 0.717) is 11.8 Å². The average molecular weight is 267 g/mol. The molecule has 0 fully saturated rings. The minimum Gasteiger partial charge on any atom is -0.340 e. The molecule has 0 radical (unpaired) electrons. The number of aromatic nitrogens is 3. The predicted molar refractivity (Wildman–Crippen MR) is 83.6 cm³/mol. The highest BCUT2D eigenvalue weighted by atomic mass is 15.3. The largest absolute Gasteiger partial charge is 0.340 e. The summed E-state index contributed by atoms with van der Waals surface area (Å²) < 4.78 is 2.00. The highest BCUT2D eigenvalue weighted by Gasteiger charge is 2.11. The number of benzene rings is 1. The number of nitrogens with one attached hydrogen (secondary N) is 1. The summed E-state index contributed by atoms with van der Waals surface area (Å²) in [6, 6.07) is 10.9. The predicted octanol–water partition coefficient (Wildman–Crippen LogP) is 4.60. The van der Waals surface area contributed by atoms with E-state index in [4.69, 9.17) is 0 Å². The Morgan fingerprint density at radius 2 is 1.80 bits per heavy atom. The van der Waals surface area contributed by atoms with Gasteiger partial charge in [0.2, 0.25) is 0 Å². The first-order chi connectivity index (χ1) is 9.56. The van der Waals surface area contributed by atoms with Crippen LogP contribution in [0, 0.1) is 0 Å². The van der Waals surface area contributed by atoms with E-state index in [0.717, 1.165) is 11.3 Å². The normalized spacial score (nSPS) is 11.9. The summed E-state index contributed by atoms with van der Waals surface area (Å²) in [6.07, 6.45) is 1.86. The lowest BCUT2D eigenvalue weighted by Gasteiger charge is -2.07. The van der Waals surface area contributed by atoms with Crippen molar-refractivity contribution in [2.24, 2.45) is 0 Å². The molecule has 3 aromatic rings. The van der Waals surface area contributed by atoms with E-state index in [1.807, 2.05) is 10.9 Å². The van der Waals surface area contributed by atoms with Crippen molar-refractivity contribution in [3.8, 4) is 5.82 Å². The van der Waals surface area contributed by atoms with Gasteiger partial charge in [0.25, 0.3) is 0 Å². The molecule has 0 atom stereocenters. The molecule has 0 saturated heterocycles.